The summed E-state index contributed by atoms with van der Waals surface area (Å²) >= 11 is 0. The predicted octanol–water partition coefficient (Wildman–Crippen LogP) is 2.17. The zero-order valence-electron chi connectivity index (χ0n) is 13.4. The first-order valence-corrected chi connectivity index (χ1v) is 8.11. The molecule has 0 spiro atoms. The number of anilines is 1. The van der Waals surface area contributed by atoms with E-state index in [0.717, 1.165) is 55.1 Å². The van der Waals surface area contributed by atoms with E-state index in [-0.39, 0.29) is 5.91 Å². The predicted molar refractivity (Wildman–Crippen MR) is 92.1 cm³/mol. The Morgan fingerprint density at radius 1 is 1.26 bits per heavy atom. The number of ether oxygens (including phenoxy) is 1. The number of amides is 1. The zero-order valence-corrected chi connectivity index (χ0v) is 13.4. The molecule has 3 heterocycles. The lowest BCUT2D eigenvalue weighted by Crippen LogP contribution is -2.37. The second kappa shape index (κ2) is 5.42. The molecule has 0 unspecified atom stereocenters. The van der Waals surface area contributed by atoms with Gasteiger partial charge in [0.25, 0.3) is 5.91 Å². The van der Waals surface area contributed by atoms with E-state index in [0.29, 0.717) is 6.54 Å². The number of carbonyl (C=O) groups is 1. The van der Waals surface area contributed by atoms with E-state index in [1.165, 1.54) is 11.2 Å². The molecule has 0 aliphatic carbocycles. The summed E-state index contributed by atoms with van der Waals surface area (Å²) in [4.78, 5) is 14.7. The molecule has 5 heteroatoms. The van der Waals surface area contributed by atoms with Crippen molar-refractivity contribution in [2.75, 3.05) is 37.7 Å². The Kier molecular flexibility index (Phi) is 3.38. The highest BCUT2D eigenvalue weighted by Gasteiger charge is 2.27. The lowest BCUT2D eigenvalue weighted by Gasteiger charge is -2.30. The van der Waals surface area contributed by atoms with Crippen LogP contribution in [0, 0.1) is 6.92 Å². The van der Waals surface area contributed by atoms with Gasteiger partial charge in [-0.05, 0) is 30.2 Å². The number of morpholine rings is 1. The quantitative estimate of drug-likeness (QED) is 0.924. The Labute approximate surface area is 135 Å². The highest BCUT2D eigenvalue weighted by atomic mass is 16.5. The maximum Gasteiger partial charge on any atom is 0.268 e. The Morgan fingerprint density at radius 2 is 2.04 bits per heavy atom. The van der Waals surface area contributed by atoms with Crippen molar-refractivity contribution in [3.8, 4) is 0 Å². The third-order valence-corrected chi connectivity index (χ3v) is 4.83. The summed E-state index contributed by atoms with van der Waals surface area (Å²) in [5.41, 5.74) is 5.28. The van der Waals surface area contributed by atoms with Crippen LogP contribution in [0.2, 0.25) is 0 Å². The SMILES string of the molecule is C=Cc1cc(N2CCOCC2)c2c(c1)c(C)c1n2CCNC1=O. The monoisotopic (exact) mass is 311 g/mol. The van der Waals surface area contributed by atoms with Gasteiger partial charge in [0.05, 0.1) is 24.4 Å². The molecular formula is C18H21N3O2. The number of aromatic nitrogens is 1. The molecule has 2 aliphatic heterocycles. The summed E-state index contributed by atoms with van der Waals surface area (Å²) in [6.07, 6.45) is 1.87. The van der Waals surface area contributed by atoms with Crippen LogP contribution in [-0.4, -0.2) is 43.3 Å². The fraction of sp³-hybridized carbons (Fsp3) is 0.389. The largest absolute Gasteiger partial charge is 0.378 e. The molecule has 0 radical (unpaired) electrons. The number of hydrogen-bond acceptors (Lipinski definition) is 3. The van der Waals surface area contributed by atoms with Crippen LogP contribution in [0.5, 0.6) is 0 Å². The molecule has 1 N–H and O–H groups in total. The van der Waals surface area contributed by atoms with Crippen molar-refractivity contribution in [3.05, 3.63) is 35.5 Å². The van der Waals surface area contributed by atoms with E-state index >= 15 is 0 Å². The van der Waals surface area contributed by atoms with Gasteiger partial charge >= 0.3 is 0 Å². The number of benzene rings is 1. The average Bonchev–Trinajstić information content (AvgIpc) is 2.89. The van der Waals surface area contributed by atoms with Gasteiger partial charge in [0.15, 0.2) is 0 Å². The molecule has 0 saturated carbocycles. The normalized spacial score (nSPS) is 18.0. The Bertz CT molecular complexity index is 800. The third kappa shape index (κ3) is 2.15. The summed E-state index contributed by atoms with van der Waals surface area (Å²) in [5, 5.41) is 4.10. The van der Waals surface area contributed by atoms with E-state index in [2.05, 4.69) is 33.5 Å². The minimum atomic E-state index is 0.0260. The first kappa shape index (κ1) is 14.3. The second-order valence-corrected chi connectivity index (χ2v) is 6.12. The van der Waals surface area contributed by atoms with Crippen molar-refractivity contribution in [2.45, 2.75) is 13.5 Å². The lowest BCUT2D eigenvalue weighted by atomic mass is 10.1. The van der Waals surface area contributed by atoms with Crippen molar-refractivity contribution < 1.29 is 9.53 Å². The van der Waals surface area contributed by atoms with Crippen LogP contribution < -0.4 is 10.2 Å². The van der Waals surface area contributed by atoms with E-state index < -0.39 is 0 Å². The number of fused-ring (bicyclic) bond motifs is 3. The topological polar surface area (TPSA) is 46.5 Å². The molecule has 0 bridgehead atoms. The van der Waals surface area contributed by atoms with Crippen molar-refractivity contribution >= 4 is 28.6 Å². The van der Waals surface area contributed by atoms with Crippen LogP contribution in [0.3, 0.4) is 0 Å². The van der Waals surface area contributed by atoms with Crippen molar-refractivity contribution in [2.24, 2.45) is 0 Å². The van der Waals surface area contributed by atoms with E-state index in [4.69, 9.17) is 4.74 Å². The molecule has 1 amide bonds. The Hall–Kier alpha value is -2.27. The number of aryl methyl sites for hydroxylation is 1. The molecule has 1 fully saturated rings. The first-order valence-electron chi connectivity index (χ1n) is 8.11. The fourth-order valence-corrected chi connectivity index (χ4v) is 3.70. The van der Waals surface area contributed by atoms with Crippen LogP contribution in [-0.2, 0) is 11.3 Å². The van der Waals surface area contributed by atoms with Gasteiger partial charge in [-0.15, -0.1) is 0 Å². The number of hydrogen-bond donors (Lipinski definition) is 1. The molecule has 120 valence electrons. The van der Waals surface area contributed by atoms with Crippen molar-refractivity contribution in [1.29, 1.82) is 0 Å². The molecule has 2 aromatic rings. The van der Waals surface area contributed by atoms with Crippen LogP contribution in [0.15, 0.2) is 18.7 Å². The standard InChI is InChI=1S/C18H21N3O2/c1-3-13-10-14-12(2)16-18(22)19-4-5-21(16)17(14)15(11-13)20-6-8-23-9-7-20/h3,10-11H,1,4-9H2,2H3,(H,19,22). The second-order valence-electron chi connectivity index (χ2n) is 6.12. The third-order valence-electron chi connectivity index (χ3n) is 4.83. The van der Waals surface area contributed by atoms with E-state index in [1.54, 1.807) is 0 Å². The smallest absolute Gasteiger partial charge is 0.268 e. The zero-order chi connectivity index (χ0) is 16.0. The highest BCUT2D eigenvalue weighted by Crippen LogP contribution is 2.36. The maximum absolute atomic E-state index is 12.3. The average molecular weight is 311 g/mol. The van der Waals surface area contributed by atoms with Gasteiger partial charge < -0.3 is 19.5 Å². The highest BCUT2D eigenvalue weighted by molar-refractivity contribution is 6.06. The Morgan fingerprint density at radius 3 is 2.78 bits per heavy atom. The fourth-order valence-electron chi connectivity index (χ4n) is 3.70. The Balaban J connectivity index is 2.02. The summed E-state index contributed by atoms with van der Waals surface area (Å²) in [7, 11) is 0. The van der Waals surface area contributed by atoms with Crippen molar-refractivity contribution in [3.63, 3.8) is 0 Å². The van der Waals surface area contributed by atoms with Crippen molar-refractivity contribution in [1.82, 2.24) is 9.88 Å². The first-order chi connectivity index (χ1) is 11.2. The summed E-state index contributed by atoms with van der Waals surface area (Å²) in [6.45, 7) is 10.7. The molecule has 23 heavy (non-hydrogen) atoms. The van der Waals surface area contributed by atoms with Crippen LogP contribution in [0.4, 0.5) is 5.69 Å². The number of rotatable bonds is 2. The molecule has 2 aliphatic rings. The number of nitrogens with one attached hydrogen (secondary N) is 1. The van der Waals surface area contributed by atoms with Gasteiger partial charge in [0.1, 0.15) is 5.69 Å². The van der Waals surface area contributed by atoms with Gasteiger partial charge in [-0.1, -0.05) is 12.7 Å². The van der Waals surface area contributed by atoms with Gasteiger partial charge in [-0.2, -0.15) is 0 Å². The van der Waals surface area contributed by atoms with E-state index in [9.17, 15) is 4.79 Å². The van der Waals surface area contributed by atoms with Gasteiger partial charge in [0.2, 0.25) is 0 Å². The maximum atomic E-state index is 12.3. The summed E-state index contributed by atoms with van der Waals surface area (Å²) in [5.74, 6) is 0.0260. The van der Waals surface area contributed by atoms with Gasteiger partial charge in [0, 0.05) is 31.6 Å². The molecule has 5 nitrogen and oxygen atoms in total. The van der Waals surface area contributed by atoms with E-state index in [1.807, 2.05) is 13.0 Å². The summed E-state index contributed by atoms with van der Waals surface area (Å²) < 4.78 is 7.67. The molecule has 4 rings (SSSR count). The molecular weight excluding hydrogens is 290 g/mol. The number of nitrogens with zero attached hydrogens (tertiary/aromatic N) is 2. The number of carbonyl (C=O) groups excluding carboxylic acids is 1. The van der Waals surface area contributed by atoms with Gasteiger partial charge in [-0.3, -0.25) is 4.79 Å². The van der Waals surface area contributed by atoms with Crippen LogP contribution in [0.25, 0.3) is 17.0 Å². The minimum Gasteiger partial charge on any atom is -0.378 e. The van der Waals surface area contributed by atoms with Crippen LogP contribution >= 0.6 is 0 Å². The molecule has 0 atom stereocenters. The lowest BCUT2D eigenvalue weighted by molar-refractivity contribution is 0.0928. The molecule has 1 aromatic carbocycles. The molecule has 1 saturated heterocycles. The van der Waals surface area contributed by atoms with Gasteiger partial charge in [-0.25, -0.2) is 0 Å². The minimum absolute atomic E-state index is 0.0260. The molecule has 1 aromatic heterocycles. The summed E-state index contributed by atoms with van der Waals surface area (Å²) in [6, 6.07) is 4.32. The van der Waals surface area contributed by atoms with Crippen LogP contribution in [0.1, 0.15) is 21.6 Å².